The lowest BCUT2D eigenvalue weighted by atomic mass is 9.93. The van der Waals surface area contributed by atoms with Crippen LogP contribution >= 0.6 is 11.6 Å². The van der Waals surface area contributed by atoms with Crippen molar-refractivity contribution in [3.05, 3.63) is 82.1 Å². The third-order valence-corrected chi connectivity index (χ3v) is 7.89. The zero-order valence-electron chi connectivity index (χ0n) is 21.8. The number of hydrogen-bond donors (Lipinski definition) is 1. The van der Waals surface area contributed by atoms with Gasteiger partial charge in [-0.3, -0.25) is 4.90 Å². The number of halogens is 2. The van der Waals surface area contributed by atoms with Crippen LogP contribution in [0.1, 0.15) is 52.6 Å². The van der Waals surface area contributed by atoms with E-state index >= 15 is 0 Å². The van der Waals surface area contributed by atoms with Gasteiger partial charge in [-0.25, -0.2) is 19.2 Å². The number of aromatic carboxylic acids is 1. The lowest BCUT2D eigenvalue weighted by molar-refractivity contribution is -0.0592. The number of hydrogen-bond acceptors (Lipinski definition) is 7. The Bertz CT molecular complexity index is 1530. The molecule has 11 heteroatoms. The van der Waals surface area contributed by atoms with Crippen LogP contribution in [0.3, 0.4) is 0 Å². The largest absolute Gasteiger partial charge is 0.478 e. The summed E-state index contributed by atoms with van der Waals surface area (Å²) >= 11 is 5.83. The van der Waals surface area contributed by atoms with Crippen molar-refractivity contribution in [2.24, 2.45) is 0 Å². The van der Waals surface area contributed by atoms with Gasteiger partial charge in [-0.05, 0) is 68.8 Å². The predicted molar refractivity (Wildman–Crippen MR) is 146 cm³/mol. The van der Waals surface area contributed by atoms with E-state index < -0.39 is 11.8 Å². The number of ether oxygens (including phenoxy) is 2. The molecule has 0 amide bonds. The van der Waals surface area contributed by atoms with Gasteiger partial charge in [0, 0.05) is 29.3 Å². The first-order valence-corrected chi connectivity index (χ1v) is 13.8. The first kappa shape index (κ1) is 26.6. The molecule has 4 aromatic rings. The van der Waals surface area contributed by atoms with Crippen molar-refractivity contribution >= 4 is 28.6 Å². The van der Waals surface area contributed by atoms with Crippen molar-refractivity contribution in [3.63, 3.8) is 0 Å². The standard InChI is InChI=1S/C29H29ClFN5O4/c30-21-3-1-20(23(31)14-21)17-40-29-32-9-5-24(34-29)18-6-10-35(11-7-18)16-27-33-25-4-2-19(28(37)38)13-26(25)36(27)15-22-8-12-39-22/h1-5,9,13-14,18,22H,6-8,10-12,15-17H2,(H,37,38). The highest BCUT2D eigenvalue weighted by Crippen LogP contribution is 2.29. The van der Waals surface area contributed by atoms with E-state index in [2.05, 4.69) is 19.4 Å². The van der Waals surface area contributed by atoms with Gasteiger partial charge in [-0.2, -0.15) is 4.98 Å². The van der Waals surface area contributed by atoms with Crippen molar-refractivity contribution in [2.45, 2.75) is 51.0 Å². The molecular formula is C29H29ClFN5O4. The minimum absolute atomic E-state index is 0.0196. The summed E-state index contributed by atoms with van der Waals surface area (Å²) < 4.78 is 27.6. The van der Waals surface area contributed by atoms with Crippen LogP contribution in [0.5, 0.6) is 6.01 Å². The molecule has 2 aliphatic rings. The molecule has 2 aromatic carbocycles. The topological polar surface area (TPSA) is 103 Å². The number of fused-ring (bicyclic) bond motifs is 1. The molecule has 0 radical (unpaired) electrons. The number of likely N-dealkylation sites (tertiary alicyclic amines) is 1. The molecule has 0 bridgehead atoms. The Hall–Kier alpha value is -3.60. The van der Waals surface area contributed by atoms with E-state index in [-0.39, 0.29) is 30.2 Å². The fourth-order valence-electron chi connectivity index (χ4n) is 5.28. The zero-order valence-corrected chi connectivity index (χ0v) is 22.6. The van der Waals surface area contributed by atoms with Gasteiger partial charge in [0.25, 0.3) is 0 Å². The minimum Gasteiger partial charge on any atom is -0.478 e. The quantitative estimate of drug-likeness (QED) is 0.300. The number of benzene rings is 2. The van der Waals surface area contributed by atoms with Crippen molar-refractivity contribution in [1.29, 1.82) is 0 Å². The molecule has 0 aliphatic carbocycles. The fraction of sp³-hybridized carbons (Fsp3) is 0.379. The SMILES string of the molecule is O=C(O)c1ccc2nc(CN3CCC(c4ccnc(OCc5ccc(Cl)cc5F)n4)CC3)n(CC3CCO3)c2c1. The number of aromatic nitrogens is 4. The molecule has 2 aromatic heterocycles. The first-order chi connectivity index (χ1) is 19.4. The highest BCUT2D eigenvalue weighted by Gasteiger charge is 2.26. The molecule has 2 saturated heterocycles. The summed E-state index contributed by atoms with van der Waals surface area (Å²) in [6.45, 7) is 3.84. The summed E-state index contributed by atoms with van der Waals surface area (Å²) in [5, 5.41) is 9.82. The van der Waals surface area contributed by atoms with Crippen LogP contribution in [-0.4, -0.2) is 61.3 Å². The average molecular weight is 566 g/mol. The van der Waals surface area contributed by atoms with Crippen molar-refractivity contribution in [1.82, 2.24) is 24.4 Å². The first-order valence-electron chi connectivity index (χ1n) is 13.4. The molecule has 0 spiro atoms. The number of rotatable bonds is 9. The Balaban J connectivity index is 1.11. The minimum atomic E-state index is -0.950. The molecule has 1 N–H and O–H groups in total. The molecule has 40 heavy (non-hydrogen) atoms. The van der Waals surface area contributed by atoms with Gasteiger partial charge in [0.1, 0.15) is 18.2 Å². The van der Waals surface area contributed by atoms with Gasteiger partial charge >= 0.3 is 12.0 Å². The van der Waals surface area contributed by atoms with Gasteiger partial charge in [-0.1, -0.05) is 17.7 Å². The Morgan fingerprint density at radius 2 is 1.95 bits per heavy atom. The van der Waals surface area contributed by atoms with E-state index in [1.54, 1.807) is 36.5 Å². The number of nitrogens with zero attached hydrogens (tertiary/aromatic N) is 5. The maximum absolute atomic E-state index is 14.1. The van der Waals surface area contributed by atoms with E-state index in [1.807, 2.05) is 6.07 Å². The smallest absolute Gasteiger partial charge is 0.335 e. The molecule has 0 saturated carbocycles. The molecule has 208 valence electrons. The molecule has 1 unspecified atom stereocenters. The summed E-state index contributed by atoms with van der Waals surface area (Å²) in [4.78, 5) is 27.6. The van der Waals surface area contributed by atoms with E-state index in [0.717, 1.165) is 61.5 Å². The maximum atomic E-state index is 14.1. The normalized spacial score (nSPS) is 18.1. The number of carboxylic acid groups (broad SMARTS) is 1. The summed E-state index contributed by atoms with van der Waals surface area (Å²) in [7, 11) is 0. The maximum Gasteiger partial charge on any atom is 0.335 e. The van der Waals surface area contributed by atoms with Gasteiger partial charge in [-0.15, -0.1) is 0 Å². The highest BCUT2D eigenvalue weighted by molar-refractivity contribution is 6.30. The van der Waals surface area contributed by atoms with Crippen molar-refractivity contribution in [2.75, 3.05) is 19.7 Å². The monoisotopic (exact) mass is 565 g/mol. The van der Waals surface area contributed by atoms with Crippen LogP contribution in [0.15, 0.2) is 48.7 Å². The lowest BCUT2D eigenvalue weighted by Gasteiger charge is -2.32. The molecule has 9 nitrogen and oxygen atoms in total. The summed E-state index contributed by atoms with van der Waals surface area (Å²) in [5.41, 5.74) is 3.17. The molecule has 1 atom stereocenters. The third kappa shape index (κ3) is 5.79. The molecule has 6 rings (SSSR count). The third-order valence-electron chi connectivity index (χ3n) is 7.65. The van der Waals surface area contributed by atoms with Crippen LogP contribution in [0.2, 0.25) is 5.02 Å². The Morgan fingerprint density at radius 3 is 2.67 bits per heavy atom. The van der Waals surface area contributed by atoms with Gasteiger partial charge < -0.3 is 19.1 Å². The van der Waals surface area contributed by atoms with E-state index in [1.165, 1.54) is 6.07 Å². The van der Waals surface area contributed by atoms with Gasteiger partial charge in [0.05, 0.1) is 41.5 Å². The molecule has 2 aliphatic heterocycles. The predicted octanol–water partition coefficient (Wildman–Crippen LogP) is 5.06. The molecule has 4 heterocycles. The van der Waals surface area contributed by atoms with Crippen LogP contribution in [0, 0.1) is 5.82 Å². The number of carboxylic acids is 1. The average Bonchev–Trinajstić information content (AvgIpc) is 3.26. The van der Waals surface area contributed by atoms with Crippen LogP contribution in [0.25, 0.3) is 11.0 Å². The van der Waals surface area contributed by atoms with E-state index in [4.69, 9.17) is 26.1 Å². The Kier molecular flexibility index (Phi) is 7.64. The van der Waals surface area contributed by atoms with Crippen molar-refractivity contribution in [3.8, 4) is 6.01 Å². The second-order valence-corrected chi connectivity index (χ2v) is 10.7. The van der Waals surface area contributed by atoms with Gasteiger partial charge in [0.2, 0.25) is 0 Å². The molecular weight excluding hydrogens is 537 g/mol. The summed E-state index contributed by atoms with van der Waals surface area (Å²) in [5.74, 6) is -0.200. The number of carbonyl (C=O) groups is 1. The zero-order chi connectivity index (χ0) is 27.6. The Labute approximate surface area is 235 Å². The summed E-state index contributed by atoms with van der Waals surface area (Å²) in [6.07, 6.45) is 4.62. The second kappa shape index (κ2) is 11.5. The van der Waals surface area contributed by atoms with Gasteiger partial charge in [0.15, 0.2) is 0 Å². The highest BCUT2D eigenvalue weighted by atomic mass is 35.5. The number of imidazole rings is 1. The second-order valence-electron chi connectivity index (χ2n) is 10.3. The van der Waals surface area contributed by atoms with Crippen LogP contribution < -0.4 is 4.74 Å². The number of piperidine rings is 1. The fourth-order valence-corrected chi connectivity index (χ4v) is 5.44. The molecule has 2 fully saturated rings. The van der Waals surface area contributed by atoms with Crippen molar-refractivity contribution < 1.29 is 23.8 Å². The Morgan fingerprint density at radius 1 is 1.12 bits per heavy atom. The van der Waals surface area contributed by atoms with E-state index in [0.29, 0.717) is 23.7 Å². The van der Waals surface area contributed by atoms with Crippen LogP contribution in [-0.2, 0) is 24.4 Å². The van der Waals surface area contributed by atoms with E-state index in [9.17, 15) is 14.3 Å². The summed E-state index contributed by atoms with van der Waals surface area (Å²) in [6, 6.07) is 11.7. The lowest BCUT2D eigenvalue weighted by Crippen LogP contribution is -2.35. The van der Waals surface area contributed by atoms with Crippen LogP contribution in [0.4, 0.5) is 4.39 Å².